The number of hydrogen-bond acceptors (Lipinski definition) is 5. The van der Waals surface area contributed by atoms with Gasteiger partial charge in [-0.3, -0.25) is 0 Å². The van der Waals surface area contributed by atoms with Crippen molar-refractivity contribution in [3.8, 4) is 17.2 Å². The highest BCUT2D eigenvalue weighted by Gasteiger charge is 2.38. The van der Waals surface area contributed by atoms with E-state index >= 15 is 0 Å². The average Bonchev–Trinajstić information content (AvgIpc) is 2.83. The summed E-state index contributed by atoms with van der Waals surface area (Å²) >= 11 is 0. The number of ether oxygens (including phenoxy) is 3. The zero-order chi connectivity index (χ0) is 25.2. The first-order chi connectivity index (χ1) is 16.5. The third kappa shape index (κ3) is 11.0. The highest BCUT2D eigenvalue weighted by atomic mass is 31.1. The molecule has 0 aliphatic heterocycles. The van der Waals surface area contributed by atoms with Crippen molar-refractivity contribution in [1.29, 1.82) is 0 Å². The van der Waals surface area contributed by atoms with Crippen LogP contribution in [0.5, 0.6) is 17.2 Å². The van der Waals surface area contributed by atoms with Crippen LogP contribution in [-0.2, 0) is 9.36 Å². The molecule has 192 valence electrons. The van der Waals surface area contributed by atoms with Gasteiger partial charge in [0, 0.05) is 5.57 Å². The molecule has 1 unspecified atom stereocenters. The van der Waals surface area contributed by atoms with Gasteiger partial charge in [-0.1, -0.05) is 89.7 Å². The maximum Gasteiger partial charge on any atom is 0.462 e. The Morgan fingerprint density at radius 3 is 1.68 bits per heavy atom. The van der Waals surface area contributed by atoms with Crippen LogP contribution in [0, 0.1) is 0 Å². The minimum Gasteiger partial charge on any atom is -0.490 e. The van der Waals surface area contributed by atoms with Crippen LogP contribution in [0.15, 0.2) is 24.3 Å². The SMILES string of the molecule is C=C(C)C(=O)[P+](=O)c1ccc(OCCCCCC)c(OCCCCCC)c1OCCCCCC. The molecule has 6 heteroatoms. The molecule has 0 amide bonds. The molecule has 0 fully saturated rings. The quantitative estimate of drug-likeness (QED) is 0.0983. The molecule has 0 aliphatic rings. The first-order valence-electron chi connectivity index (χ1n) is 13.2. The Hall–Kier alpha value is -1.87. The van der Waals surface area contributed by atoms with Gasteiger partial charge < -0.3 is 14.2 Å². The lowest BCUT2D eigenvalue weighted by Crippen LogP contribution is -2.14. The van der Waals surface area contributed by atoms with Crippen molar-refractivity contribution in [2.75, 3.05) is 19.8 Å². The van der Waals surface area contributed by atoms with Crippen LogP contribution in [0.1, 0.15) is 105 Å². The molecule has 1 rings (SSSR count). The van der Waals surface area contributed by atoms with Gasteiger partial charge in [0.2, 0.25) is 16.8 Å². The van der Waals surface area contributed by atoms with E-state index in [1.54, 1.807) is 19.1 Å². The van der Waals surface area contributed by atoms with Gasteiger partial charge in [-0.05, 0) is 38.3 Å². The second-order valence-electron chi connectivity index (χ2n) is 8.85. The van der Waals surface area contributed by atoms with Crippen LogP contribution in [0.3, 0.4) is 0 Å². The summed E-state index contributed by atoms with van der Waals surface area (Å²) < 4.78 is 31.6. The molecule has 0 heterocycles. The monoisotopic (exact) mass is 493 g/mol. The van der Waals surface area contributed by atoms with Crippen molar-refractivity contribution in [3.05, 3.63) is 24.3 Å². The molecule has 0 saturated carbocycles. The lowest BCUT2D eigenvalue weighted by atomic mass is 10.2. The average molecular weight is 494 g/mol. The highest BCUT2D eigenvalue weighted by Crippen LogP contribution is 2.42. The summed E-state index contributed by atoms with van der Waals surface area (Å²) in [5, 5.41) is 0.361. The molecule has 1 aromatic rings. The fourth-order valence-electron chi connectivity index (χ4n) is 3.48. The molecule has 0 saturated heterocycles. The number of carbonyl (C=O) groups is 1. The predicted molar refractivity (Wildman–Crippen MR) is 142 cm³/mol. The molecule has 0 spiro atoms. The summed E-state index contributed by atoms with van der Waals surface area (Å²) in [6, 6.07) is 3.45. The van der Waals surface area contributed by atoms with Crippen molar-refractivity contribution in [3.63, 3.8) is 0 Å². The smallest absolute Gasteiger partial charge is 0.462 e. The fraction of sp³-hybridized carbons (Fsp3) is 0.679. The number of rotatable bonds is 21. The van der Waals surface area contributed by atoms with Crippen molar-refractivity contribution in [2.24, 2.45) is 0 Å². The van der Waals surface area contributed by atoms with E-state index in [9.17, 15) is 9.36 Å². The molecule has 0 radical (unpaired) electrons. The zero-order valence-electron chi connectivity index (χ0n) is 22.0. The Kier molecular flexibility index (Phi) is 16.4. The van der Waals surface area contributed by atoms with E-state index in [-0.39, 0.29) is 5.57 Å². The molecule has 0 aromatic heterocycles. The van der Waals surface area contributed by atoms with Crippen LogP contribution in [0.25, 0.3) is 0 Å². The normalized spacial score (nSPS) is 11.2. The van der Waals surface area contributed by atoms with Gasteiger partial charge in [-0.25, -0.2) is 4.79 Å². The van der Waals surface area contributed by atoms with Gasteiger partial charge in [0.25, 0.3) is 0 Å². The molecule has 0 bridgehead atoms. The van der Waals surface area contributed by atoms with Crippen LogP contribution in [-0.4, -0.2) is 25.3 Å². The van der Waals surface area contributed by atoms with Gasteiger partial charge in [0.05, 0.1) is 19.8 Å². The third-order valence-corrected chi connectivity index (χ3v) is 7.11. The van der Waals surface area contributed by atoms with Crippen LogP contribution in [0.2, 0.25) is 0 Å². The molecule has 0 aliphatic carbocycles. The lowest BCUT2D eigenvalue weighted by molar-refractivity contribution is -0.108. The minimum atomic E-state index is -2.35. The van der Waals surface area contributed by atoms with E-state index in [0.29, 0.717) is 42.4 Å². The van der Waals surface area contributed by atoms with Crippen LogP contribution in [0.4, 0.5) is 0 Å². The lowest BCUT2D eigenvalue weighted by Gasteiger charge is -2.17. The minimum absolute atomic E-state index is 0.272. The summed E-state index contributed by atoms with van der Waals surface area (Å²) in [5.74, 6) is 1.44. The van der Waals surface area contributed by atoms with E-state index in [4.69, 9.17) is 14.2 Å². The summed E-state index contributed by atoms with van der Waals surface area (Å²) in [6.45, 7) is 13.4. The largest absolute Gasteiger partial charge is 0.490 e. The van der Waals surface area contributed by atoms with Crippen molar-refractivity contribution < 1.29 is 23.6 Å². The summed E-state index contributed by atoms with van der Waals surface area (Å²) in [5.41, 5.74) is -0.193. The first-order valence-corrected chi connectivity index (χ1v) is 14.5. The number of hydrogen-bond donors (Lipinski definition) is 0. The van der Waals surface area contributed by atoms with E-state index in [2.05, 4.69) is 27.4 Å². The predicted octanol–water partition coefficient (Wildman–Crippen LogP) is 8.12. The van der Waals surface area contributed by atoms with Crippen molar-refractivity contribution >= 4 is 18.6 Å². The summed E-state index contributed by atoms with van der Waals surface area (Å²) in [4.78, 5) is 12.5. The van der Waals surface area contributed by atoms with E-state index in [1.165, 1.54) is 12.8 Å². The number of unbranched alkanes of at least 4 members (excludes halogenated alkanes) is 9. The van der Waals surface area contributed by atoms with Gasteiger partial charge in [-0.2, -0.15) is 0 Å². The van der Waals surface area contributed by atoms with Gasteiger partial charge >= 0.3 is 13.3 Å². The van der Waals surface area contributed by atoms with Crippen LogP contribution >= 0.6 is 7.80 Å². The van der Waals surface area contributed by atoms with Gasteiger partial charge in [0.1, 0.15) is 0 Å². The number of benzene rings is 1. The Labute approximate surface area is 208 Å². The molecule has 1 atom stereocenters. The number of allylic oxidation sites excluding steroid dienone is 1. The Morgan fingerprint density at radius 2 is 1.21 bits per heavy atom. The molecule has 5 nitrogen and oxygen atoms in total. The standard InChI is InChI=1S/C28H46O5P/c1-6-9-12-15-20-31-24-18-19-25(34(30)28(29)23(4)5)27(33-22-17-14-11-8-3)26(24)32-21-16-13-10-7-2/h18-19H,4,6-17,20-22H2,1-3,5H3/q+1. The van der Waals surface area contributed by atoms with Crippen molar-refractivity contribution in [2.45, 2.75) is 105 Å². The Morgan fingerprint density at radius 1 is 0.735 bits per heavy atom. The van der Waals surface area contributed by atoms with E-state index < -0.39 is 13.3 Å². The first kappa shape index (κ1) is 30.2. The van der Waals surface area contributed by atoms with Crippen molar-refractivity contribution in [1.82, 2.24) is 0 Å². The van der Waals surface area contributed by atoms with E-state index in [1.807, 2.05) is 0 Å². The molecule has 34 heavy (non-hydrogen) atoms. The molecular weight excluding hydrogens is 447 g/mol. The van der Waals surface area contributed by atoms with Gasteiger partial charge in [-0.15, -0.1) is 0 Å². The van der Waals surface area contributed by atoms with Crippen LogP contribution < -0.4 is 19.5 Å². The second kappa shape index (κ2) is 18.5. The maximum absolute atomic E-state index is 13.1. The molecule has 1 aromatic carbocycles. The molecular formula is C28H46O5P+. The Bertz CT molecular complexity index is 759. The topological polar surface area (TPSA) is 61.8 Å². The van der Waals surface area contributed by atoms with E-state index in [0.717, 1.165) is 64.2 Å². The third-order valence-electron chi connectivity index (χ3n) is 5.57. The second-order valence-corrected chi connectivity index (χ2v) is 10.3. The molecule has 0 N–H and O–H groups in total. The number of carbonyl (C=O) groups excluding carboxylic acids is 1. The van der Waals surface area contributed by atoms with Gasteiger partial charge in [0.15, 0.2) is 5.75 Å². The fourth-order valence-corrected chi connectivity index (χ4v) is 4.61. The Balaban J connectivity index is 3.21. The summed E-state index contributed by atoms with van der Waals surface area (Å²) in [6.07, 6.45) is 12.9. The maximum atomic E-state index is 13.1. The zero-order valence-corrected chi connectivity index (χ0v) is 22.9. The highest BCUT2D eigenvalue weighted by molar-refractivity contribution is 7.71. The summed E-state index contributed by atoms with van der Waals surface area (Å²) in [7, 11) is -2.35.